The molecule has 0 aliphatic heterocycles. The fourth-order valence-electron chi connectivity index (χ4n) is 1.77. The van der Waals surface area contributed by atoms with E-state index >= 15 is 0 Å². The molecule has 0 unspecified atom stereocenters. The number of rotatable bonds is 3. The van der Waals surface area contributed by atoms with Gasteiger partial charge in [0.25, 0.3) is 0 Å². The second-order valence-electron chi connectivity index (χ2n) is 5.37. The molecule has 100 valence electrons. The Morgan fingerprint density at radius 1 is 1.32 bits per heavy atom. The van der Waals surface area contributed by atoms with Crippen molar-refractivity contribution in [2.75, 3.05) is 0 Å². The van der Waals surface area contributed by atoms with Crippen molar-refractivity contribution in [2.24, 2.45) is 0 Å². The predicted octanol–water partition coefficient (Wildman–Crippen LogP) is 3.12. The summed E-state index contributed by atoms with van der Waals surface area (Å²) in [6.07, 6.45) is 4.10. The highest BCUT2D eigenvalue weighted by molar-refractivity contribution is 7.13. The van der Waals surface area contributed by atoms with Gasteiger partial charge in [0.05, 0.1) is 10.7 Å². The van der Waals surface area contributed by atoms with Crippen LogP contribution in [0.1, 0.15) is 46.7 Å². The first-order chi connectivity index (χ1) is 8.88. The number of nitrogens with zero attached hydrogens (tertiary/aromatic N) is 2. The van der Waals surface area contributed by atoms with Gasteiger partial charge in [-0.15, -0.1) is 11.3 Å². The summed E-state index contributed by atoms with van der Waals surface area (Å²) in [5.74, 6) is -0.900. The van der Waals surface area contributed by atoms with Crippen LogP contribution in [0.2, 0.25) is 0 Å². The zero-order chi connectivity index (χ0) is 14.0. The van der Waals surface area contributed by atoms with Crippen molar-refractivity contribution in [1.82, 2.24) is 9.97 Å². The van der Waals surface area contributed by atoms with Gasteiger partial charge in [0, 0.05) is 24.2 Å². The van der Waals surface area contributed by atoms with Crippen molar-refractivity contribution >= 4 is 17.3 Å². The molecule has 19 heavy (non-hydrogen) atoms. The summed E-state index contributed by atoms with van der Waals surface area (Å²) in [4.78, 5) is 20.1. The summed E-state index contributed by atoms with van der Waals surface area (Å²) in [6.45, 7) is 5.93. The molecule has 0 aliphatic rings. The van der Waals surface area contributed by atoms with Crippen LogP contribution in [-0.4, -0.2) is 21.0 Å². The molecular formula is C14H16N2O2S. The molecule has 0 aromatic carbocycles. The van der Waals surface area contributed by atoms with Crippen LogP contribution in [0.25, 0.3) is 0 Å². The van der Waals surface area contributed by atoms with Crippen molar-refractivity contribution < 1.29 is 9.90 Å². The number of pyridine rings is 1. The highest BCUT2D eigenvalue weighted by Gasteiger charge is 2.26. The number of aromatic nitrogens is 2. The molecule has 0 spiro atoms. The summed E-state index contributed by atoms with van der Waals surface area (Å²) in [5, 5.41) is 10.1. The minimum Gasteiger partial charge on any atom is -0.477 e. The van der Waals surface area contributed by atoms with Crippen molar-refractivity contribution in [1.29, 1.82) is 0 Å². The number of aromatic carboxylic acids is 1. The Morgan fingerprint density at radius 3 is 2.42 bits per heavy atom. The van der Waals surface area contributed by atoms with Crippen molar-refractivity contribution in [3.63, 3.8) is 0 Å². The highest BCUT2D eigenvalue weighted by atomic mass is 32.1. The van der Waals surface area contributed by atoms with Crippen LogP contribution < -0.4 is 0 Å². The van der Waals surface area contributed by atoms with Crippen LogP contribution in [0, 0.1) is 0 Å². The molecule has 0 fully saturated rings. The van der Waals surface area contributed by atoms with Gasteiger partial charge < -0.3 is 5.11 Å². The summed E-state index contributed by atoms with van der Waals surface area (Å²) in [6, 6.07) is 3.83. The molecule has 2 heterocycles. The first-order valence-electron chi connectivity index (χ1n) is 6.00. The number of carbonyl (C=O) groups is 1. The number of thiazole rings is 1. The molecule has 0 amide bonds. The van der Waals surface area contributed by atoms with E-state index in [4.69, 9.17) is 0 Å². The first-order valence-corrected chi connectivity index (χ1v) is 6.82. The van der Waals surface area contributed by atoms with Crippen molar-refractivity contribution in [2.45, 2.75) is 32.6 Å². The molecule has 2 aromatic heterocycles. The Labute approximate surface area is 116 Å². The van der Waals surface area contributed by atoms with Crippen LogP contribution in [0.15, 0.2) is 24.5 Å². The maximum Gasteiger partial charge on any atom is 0.347 e. The Balaban J connectivity index is 2.36. The Morgan fingerprint density at radius 2 is 1.95 bits per heavy atom. The lowest BCUT2D eigenvalue weighted by atomic mass is 9.91. The normalized spacial score (nSPS) is 11.5. The molecule has 0 bridgehead atoms. The minimum atomic E-state index is -0.900. The van der Waals surface area contributed by atoms with Gasteiger partial charge in [-0.05, 0) is 17.7 Å². The molecular weight excluding hydrogens is 260 g/mol. The molecule has 2 aromatic rings. The fourth-order valence-corrected chi connectivity index (χ4v) is 2.92. The zero-order valence-corrected chi connectivity index (χ0v) is 12.0. The van der Waals surface area contributed by atoms with E-state index in [1.807, 2.05) is 32.9 Å². The lowest BCUT2D eigenvalue weighted by molar-refractivity contribution is 0.0699. The summed E-state index contributed by atoms with van der Waals surface area (Å²) in [7, 11) is 0. The highest BCUT2D eigenvalue weighted by Crippen LogP contribution is 2.30. The molecule has 5 heteroatoms. The Bertz CT molecular complexity index is 585. The quantitative estimate of drug-likeness (QED) is 0.935. The molecule has 0 radical (unpaired) electrons. The van der Waals surface area contributed by atoms with Gasteiger partial charge in [-0.1, -0.05) is 20.8 Å². The molecule has 0 saturated carbocycles. The summed E-state index contributed by atoms with van der Waals surface area (Å²) in [5.41, 5.74) is 1.48. The number of hydrogen-bond donors (Lipinski definition) is 1. The van der Waals surface area contributed by atoms with E-state index in [9.17, 15) is 9.90 Å². The minimum absolute atomic E-state index is 0.263. The molecule has 0 aliphatic carbocycles. The lowest BCUT2D eigenvalue weighted by Gasteiger charge is -2.16. The third-order valence-corrected chi connectivity index (χ3v) is 3.72. The topological polar surface area (TPSA) is 63.1 Å². The van der Waals surface area contributed by atoms with Gasteiger partial charge in [0.1, 0.15) is 4.88 Å². The van der Waals surface area contributed by atoms with Crippen LogP contribution in [0.4, 0.5) is 0 Å². The second-order valence-corrected chi connectivity index (χ2v) is 6.46. The summed E-state index contributed by atoms with van der Waals surface area (Å²) < 4.78 is 0. The van der Waals surface area contributed by atoms with Gasteiger partial charge in [0.15, 0.2) is 0 Å². The monoisotopic (exact) mass is 276 g/mol. The number of carboxylic acids is 1. The van der Waals surface area contributed by atoms with Gasteiger partial charge in [-0.3, -0.25) is 4.98 Å². The van der Waals surface area contributed by atoms with Gasteiger partial charge >= 0.3 is 5.97 Å². The predicted molar refractivity (Wildman–Crippen MR) is 74.8 cm³/mol. The van der Waals surface area contributed by atoms with E-state index in [1.165, 1.54) is 11.3 Å². The smallest absolute Gasteiger partial charge is 0.347 e. The van der Waals surface area contributed by atoms with E-state index in [0.29, 0.717) is 17.0 Å². The van der Waals surface area contributed by atoms with Gasteiger partial charge in [0.2, 0.25) is 0 Å². The van der Waals surface area contributed by atoms with Crippen LogP contribution >= 0.6 is 11.3 Å². The van der Waals surface area contributed by atoms with Crippen LogP contribution in [-0.2, 0) is 11.8 Å². The average Bonchev–Trinajstić information content (AvgIpc) is 2.74. The molecule has 0 atom stereocenters. The van der Waals surface area contributed by atoms with Crippen molar-refractivity contribution in [3.8, 4) is 0 Å². The molecule has 1 N–H and O–H groups in total. The third kappa shape index (κ3) is 3.17. The second kappa shape index (κ2) is 5.09. The zero-order valence-electron chi connectivity index (χ0n) is 11.2. The average molecular weight is 276 g/mol. The number of carboxylic acid groups (broad SMARTS) is 1. The van der Waals surface area contributed by atoms with Gasteiger partial charge in [-0.2, -0.15) is 0 Å². The molecule has 2 rings (SSSR count). The van der Waals surface area contributed by atoms with E-state index in [0.717, 1.165) is 10.6 Å². The lowest BCUT2D eigenvalue weighted by Crippen LogP contribution is -2.16. The number of hydrogen-bond acceptors (Lipinski definition) is 4. The SMILES string of the molecule is CC(C)(C)c1nc(Cc2ccncc2)sc1C(=O)O. The Kier molecular flexibility index (Phi) is 3.66. The van der Waals surface area contributed by atoms with Crippen molar-refractivity contribution in [3.05, 3.63) is 45.7 Å². The standard InChI is InChI=1S/C14H16N2O2S/c1-14(2,3)12-11(13(17)18)19-10(16-12)8-9-4-6-15-7-5-9/h4-7H,8H2,1-3H3,(H,17,18). The first kappa shape index (κ1) is 13.7. The van der Waals surface area contributed by atoms with E-state index in [1.54, 1.807) is 12.4 Å². The van der Waals surface area contributed by atoms with E-state index < -0.39 is 5.97 Å². The maximum absolute atomic E-state index is 11.3. The maximum atomic E-state index is 11.3. The van der Waals surface area contributed by atoms with E-state index in [-0.39, 0.29) is 5.41 Å². The van der Waals surface area contributed by atoms with Crippen LogP contribution in [0.3, 0.4) is 0 Å². The van der Waals surface area contributed by atoms with E-state index in [2.05, 4.69) is 9.97 Å². The third-order valence-electron chi connectivity index (χ3n) is 2.68. The fraction of sp³-hybridized carbons (Fsp3) is 0.357. The van der Waals surface area contributed by atoms with Crippen LogP contribution in [0.5, 0.6) is 0 Å². The summed E-state index contributed by atoms with van der Waals surface area (Å²) >= 11 is 1.26. The molecule has 0 saturated heterocycles. The van der Waals surface area contributed by atoms with Gasteiger partial charge in [-0.25, -0.2) is 9.78 Å². The molecule has 4 nitrogen and oxygen atoms in total. The Hall–Kier alpha value is -1.75. The largest absolute Gasteiger partial charge is 0.477 e.